The summed E-state index contributed by atoms with van der Waals surface area (Å²) in [5, 5.41) is 9.95. The van der Waals surface area contributed by atoms with Crippen LogP contribution in [0.2, 0.25) is 0 Å². The minimum atomic E-state index is 0.926. The molecule has 46 heavy (non-hydrogen) atoms. The van der Waals surface area contributed by atoms with Gasteiger partial charge in [-0.25, -0.2) is 0 Å². The van der Waals surface area contributed by atoms with Gasteiger partial charge in [0.25, 0.3) is 0 Å². The number of hydrogen-bond acceptors (Lipinski definition) is 3. The summed E-state index contributed by atoms with van der Waals surface area (Å²) in [5.41, 5.74) is 8.00. The number of fused-ring (bicyclic) bond motifs is 13. The van der Waals surface area contributed by atoms with Crippen LogP contribution in [0.1, 0.15) is 0 Å². The highest BCUT2D eigenvalue weighted by atomic mass is 32.1. The molecule has 0 saturated carbocycles. The molecule has 0 spiro atoms. The Morgan fingerprint density at radius 3 is 1.91 bits per heavy atom. The topological polar surface area (TPSA) is 18.1 Å². The van der Waals surface area contributed by atoms with Gasteiger partial charge in [-0.2, -0.15) is 0 Å². The lowest BCUT2D eigenvalue weighted by Gasteiger charge is -2.08. The number of benzene rings is 7. The fourth-order valence-corrected chi connectivity index (χ4v) is 10.1. The number of rotatable bonds is 2. The third-order valence-electron chi connectivity index (χ3n) is 9.61. The van der Waals surface area contributed by atoms with E-state index in [2.05, 4.69) is 138 Å². The van der Waals surface area contributed by atoms with Crippen molar-refractivity contribution in [3.8, 4) is 16.8 Å². The lowest BCUT2D eigenvalue weighted by Crippen LogP contribution is -1.93. The van der Waals surface area contributed by atoms with Crippen LogP contribution < -0.4 is 0 Å². The highest BCUT2D eigenvalue weighted by Crippen LogP contribution is 2.46. The summed E-state index contributed by atoms with van der Waals surface area (Å²) < 4.78 is 14.3. The molecule has 4 aromatic heterocycles. The second-order valence-corrected chi connectivity index (χ2v) is 14.1. The molecule has 0 bridgehead atoms. The zero-order valence-corrected chi connectivity index (χ0v) is 26.1. The summed E-state index contributed by atoms with van der Waals surface area (Å²) in [5.74, 6) is 0. The fraction of sp³-hybridized carbons (Fsp3) is 0. The van der Waals surface area contributed by atoms with E-state index in [1.165, 1.54) is 67.8 Å². The van der Waals surface area contributed by atoms with E-state index in [1.807, 2.05) is 28.7 Å². The van der Waals surface area contributed by atoms with Crippen molar-refractivity contribution >= 4 is 107 Å². The molecule has 0 radical (unpaired) electrons. The van der Waals surface area contributed by atoms with Crippen molar-refractivity contribution in [2.45, 2.75) is 0 Å². The van der Waals surface area contributed by atoms with Crippen LogP contribution >= 0.6 is 22.7 Å². The molecule has 7 aromatic carbocycles. The first-order valence-electron chi connectivity index (χ1n) is 15.5. The maximum Gasteiger partial charge on any atom is 0.145 e. The highest BCUT2D eigenvalue weighted by molar-refractivity contribution is 7.27. The molecule has 0 fully saturated rings. The van der Waals surface area contributed by atoms with Gasteiger partial charge >= 0.3 is 0 Å². The first kappa shape index (κ1) is 24.8. The number of nitrogens with zero attached hydrogens (tertiary/aromatic N) is 1. The molecule has 0 aliphatic heterocycles. The largest absolute Gasteiger partial charge is 0.455 e. The molecule has 0 aliphatic rings. The van der Waals surface area contributed by atoms with E-state index in [9.17, 15) is 0 Å². The van der Waals surface area contributed by atoms with E-state index in [0.717, 1.165) is 33.1 Å². The molecule has 0 atom stereocenters. The first-order chi connectivity index (χ1) is 22.8. The standard InChI is InChI=1S/C42H23NOS2/c1-4-16-34-32(11-1)39-35(21-20-27-25-9-2-5-17-36(25)44-40(27)39)43(34)24-19-22-38-33(23-24)31-15-8-14-30(42(31)46-38)29-13-7-12-28-26-10-3-6-18-37(26)45-41(28)29/h1-23H. The Labute approximate surface area is 270 Å². The molecule has 11 rings (SSSR count). The Balaban J connectivity index is 1.17. The molecular weight excluding hydrogens is 599 g/mol. The van der Waals surface area contributed by atoms with Gasteiger partial charge in [0.15, 0.2) is 0 Å². The smallest absolute Gasteiger partial charge is 0.145 e. The van der Waals surface area contributed by atoms with E-state index < -0.39 is 0 Å². The van der Waals surface area contributed by atoms with Crippen molar-refractivity contribution in [1.29, 1.82) is 0 Å². The molecule has 0 N–H and O–H groups in total. The van der Waals surface area contributed by atoms with Gasteiger partial charge in [0.05, 0.1) is 16.4 Å². The van der Waals surface area contributed by atoms with E-state index in [1.54, 1.807) is 0 Å². The maximum atomic E-state index is 6.53. The molecule has 0 amide bonds. The minimum Gasteiger partial charge on any atom is -0.455 e. The normalized spacial score (nSPS) is 12.3. The second kappa shape index (κ2) is 9.07. The Hall–Kier alpha value is -5.42. The zero-order chi connectivity index (χ0) is 29.9. The predicted molar refractivity (Wildman–Crippen MR) is 199 cm³/mol. The molecule has 0 aliphatic carbocycles. The van der Waals surface area contributed by atoms with Crippen LogP contribution in [0, 0.1) is 0 Å². The molecule has 11 aromatic rings. The van der Waals surface area contributed by atoms with Crippen molar-refractivity contribution in [3.05, 3.63) is 140 Å². The minimum absolute atomic E-state index is 0.926. The van der Waals surface area contributed by atoms with Crippen molar-refractivity contribution < 1.29 is 4.42 Å². The lowest BCUT2D eigenvalue weighted by molar-refractivity contribution is 0.673. The van der Waals surface area contributed by atoms with Gasteiger partial charge in [-0.05, 0) is 48.5 Å². The van der Waals surface area contributed by atoms with Crippen LogP contribution in [-0.4, -0.2) is 4.57 Å². The van der Waals surface area contributed by atoms with Gasteiger partial charge in [0, 0.05) is 73.3 Å². The number of furan rings is 1. The Kier molecular flexibility index (Phi) is 4.90. The Morgan fingerprint density at radius 1 is 0.435 bits per heavy atom. The maximum absolute atomic E-state index is 6.53. The van der Waals surface area contributed by atoms with Crippen LogP contribution in [0.15, 0.2) is 144 Å². The highest BCUT2D eigenvalue weighted by Gasteiger charge is 2.20. The lowest BCUT2D eigenvalue weighted by atomic mass is 10.0. The molecule has 0 saturated heterocycles. The average molecular weight is 622 g/mol. The van der Waals surface area contributed by atoms with Gasteiger partial charge in [-0.15, -0.1) is 22.7 Å². The third-order valence-corrected chi connectivity index (χ3v) is 12.1. The fourth-order valence-electron chi connectivity index (χ4n) is 7.61. The summed E-state index contributed by atoms with van der Waals surface area (Å²) in [7, 11) is 0. The second-order valence-electron chi connectivity index (χ2n) is 12.0. The van der Waals surface area contributed by atoms with Crippen LogP contribution in [0.5, 0.6) is 0 Å². The molecule has 0 unspecified atom stereocenters. The predicted octanol–water partition coefficient (Wildman–Crippen LogP) is 13.1. The number of para-hydroxylation sites is 2. The molecule has 4 heteroatoms. The first-order valence-corrected chi connectivity index (χ1v) is 17.1. The third kappa shape index (κ3) is 3.24. The van der Waals surface area contributed by atoms with E-state index in [-0.39, 0.29) is 0 Å². The summed E-state index contributed by atoms with van der Waals surface area (Å²) in [6, 6.07) is 50.8. The van der Waals surface area contributed by atoms with Gasteiger partial charge in [0.2, 0.25) is 0 Å². The zero-order valence-electron chi connectivity index (χ0n) is 24.5. The molecular formula is C42H23NOS2. The van der Waals surface area contributed by atoms with Crippen molar-refractivity contribution in [2.75, 3.05) is 0 Å². The molecule has 4 heterocycles. The average Bonchev–Trinajstić information content (AvgIpc) is 3.86. The van der Waals surface area contributed by atoms with Crippen molar-refractivity contribution in [1.82, 2.24) is 4.57 Å². The molecule has 2 nitrogen and oxygen atoms in total. The van der Waals surface area contributed by atoms with E-state index in [4.69, 9.17) is 4.42 Å². The van der Waals surface area contributed by atoms with Gasteiger partial charge in [-0.1, -0.05) is 91.0 Å². The van der Waals surface area contributed by atoms with E-state index in [0.29, 0.717) is 0 Å². The van der Waals surface area contributed by atoms with Crippen LogP contribution in [0.4, 0.5) is 0 Å². The number of thiophene rings is 2. The monoisotopic (exact) mass is 621 g/mol. The summed E-state index contributed by atoms with van der Waals surface area (Å²) in [4.78, 5) is 0. The quantitative estimate of drug-likeness (QED) is 0.188. The Morgan fingerprint density at radius 2 is 1.09 bits per heavy atom. The number of hydrogen-bond donors (Lipinski definition) is 0. The summed E-state index contributed by atoms with van der Waals surface area (Å²) in [6.45, 7) is 0. The van der Waals surface area contributed by atoms with Gasteiger partial charge in [-0.3, -0.25) is 0 Å². The summed E-state index contributed by atoms with van der Waals surface area (Å²) in [6.07, 6.45) is 0. The van der Waals surface area contributed by atoms with Crippen molar-refractivity contribution in [3.63, 3.8) is 0 Å². The Bertz CT molecular complexity index is 3040. The van der Waals surface area contributed by atoms with Gasteiger partial charge < -0.3 is 8.98 Å². The summed E-state index contributed by atoms with van der Waals surface area (Å²) >= 11 is 3.79. The molecule has 214 valence electrons. The van der Waals surface area contributed by atoms with Gasteiger partial charge in [0.1, 0.15) is 11.2 Å². The number of aromatic nitrogens is 1. The van der Waals surface area contributed by atoms with Crippen LogP contribution in [0.25, 0.3) is 101 Å². The van der Waals surface area contributed by atoms with Crippen LogP contribution in [-0.2, 0) is 0 Å². The van der Waals surface area contributed by atoms with Crippen molar-refractivity contribution in [2.24, 2.45) is 0 Å². The SMILES string of the molecule is c1ccc2c(c1)oc1c2ccc2c1c1ccccc1n2-c1ccc2sc3c(-c4cccc5c4sc4ccccc45)cccc3c2c1. The van der Waals surface area contributed by atoms with E-state index >= 15 is 0 Å². The van der Waals surface area contributed by atoms with Crippen LogP contribution in [0.3, 0.4) is 0 Å².